The van der Waals surface area contributed by atoms with Gasteiger partial charge in [0.25, 0.3) is 0 Å². The third-order valence-electron chi connectivity index (χ3n) is 3.24. The van der Waals surface area contributed by atoms with Crippen LogP contribution in [-0.2, 0) is 17.8 Å². The standard InChI is InChI=1S/C15H18ClFN4O/c1-3-7-21-15(18-9-19-21)10(2)20-14(22)8-11-12(16)5-4-6-13(11)17/h4-6,9-10H,3,7-8H2,1-2H3,(H,20,22)/t10-/m0/s1. The van der Waals surface area contributed by atoms with Gasteiger partial charge in [0.15, 0.2) is 0 Å². The first-order chi connectivity index (χ1) is 10.5. The van der Waals surface area contributed by atoms with Crippen LogP contribution in [0.2, 0.25) is 5.02 Å². The van der Waals surface area contributed by atoms with Gasteiger partial charge in [-0.25, -0.2) is 14.1 Å². The lowest BCUT2D eigenvalue weighted by molar-refractivity contribution is -0.121. The van der Waals surface area contributed by atoms with E-state index in [-0.39, 0.29) is 29.0 Å². The first kappa shape index (κ1) is 16.4. The van der Waals surface area contributed by atoms with Gasteiger partial charge in [-0.1, -0.05) is 24.6 Å². The summed E-state index contributed by atoms with van der Waals surface area (Å²) in [6.45, 7) is 4.58. The van der Waals surface area contributed by atoms with E-state index in [0.717, 1.165) is 13.0 Å². The highest BCUT2D eigenvalue weighted by Crippen LogP contribution is 2.20. The van der Waals surface area contributed by atoms with E-state index in [1.165, 1.54) is 18.5 Å². The molecule has 22 heavy (non-hydrogen) atoms. The Balaban J connectivity index is 2.04. The number of amides is 1. The molecule has 1 heterocycles. The number of carbonyl (C=O) groups excluding carboxylic acids is 1. The molecule has 0 aliphatic rings. The highest BCUT2D eigenvalue weighted by atomic mass is 35.5. The zero-order valence-corrected chi connectivity index (χ0v) is 13.3. The molecule has 0 saturated carbocycles. The quantitative estimate of drug-likeness (QED) is 0.888. The Labute approximate surface area is 133 Å². The third-order valence-corrected chi connectivity index (χ3v) is 3.60. The summed E-state index contributed by atoms with van der Waals surface area (Å²) < 4.78 is 15.4. The highest BCUT2D eigenvalue weighted by molar-refractivity contribution is 6.31. The number of aromatic nitrogens is 3. The minimum atomic E-state index is -0.482. The van der Waals surface area contributed by atoms with Crippen molar-refractivity contribution in [1.82, 2.24) is 20.1 Å². The second kappa shape index (κ2) is 7.35. The molecule has 5 nitrogen and oxygen atoms in total. The van der Waals surface area contributed by atoms with Crippen LogP contribution in [0.15, 0.2) is 24.5 Å². The van der Waals surface area contributed by atoms with Crippen molar-refractivity contribution in [2.24, 2.45) is 0 Å². The van der Waals surface area contributed by atoms with Crippen molar-refractivity contribution in [2.75, 3.05) is 0 Å². The maximum Gasteiger partial charge on any atom is 0.225 e. The van der Waals surface area contributed by atoms with E-state index in [1.807, 2.05) is 13.8 Å². The number of hydrogen-bond acceptors (Lipinski definition) is 3. The molecule has 2 aromatic rings. The van der Waals surface area contributed by atoms with Gasteiger partial charge in [0, 0.05) is 17.1 Å². The number of halogens is 2. The zero-order chi connectivity index (χ0) is 16.1. The van der Waals surface area contributed by atoms with Gasteiger partial charge in [-0.15, -0.1) is 0 Å². The molecule has 0 saturated heterocycles. The van der Waals surface area contributed by atoms with E-state index >= 15 is 0 Å². The Morgan fingerprint density at radius 2 is 2.27 bits per heavy atom. The van der Waals surface area contributed by atoms with Crippen molar-refractivity contribution in [3.63, 3.8) is 0 Å². The predicted molar refractivity (Wildman–Crippen MR) is 82.0 cm³/mol. The Morgan fingerprint density at radius 3 is 2.95 bits per heavy atom. The molecule has 7 heteroatoms. The minimum absolute atomic E-state index is 0.113. The molecule has 0 bridgehead atoms. The lowest BCUT2D eigenvalue weighted by Crippen LogP contribution is -2.30. The molecule has 0 spiro atoms. The average molecular weight is 325 g/mol. The van der Waals surface area contributed by atoms with Crippen LogP contribution in [0.4, 0.5) is 4.39 Å². The fraction of sp³-hybridized carbons (Fsp3) is 0.400. The molecule has 1 atom stereocenters. The number of nitrogens with zero attached hydrogens (tertiary/aromatic N) is 3. The van der Waals surface area contributed by atoms with E-state index in [4.69, 9.17) is 11.6 Å². The number of aryl methyl sites for hydroxylation is 1. The van der Waals surface area contributed by atoms with E-state index in [1.54, 1.807) is 10.7 Å². The van der Waals surface area contributed by atoms with E-state index in [2.05, 4.69) is 15.4 Å². The van der Waals surface area contributed by atoms with Crippen molar-refractivity contribution in [3.05, 3.63) is 46.8 Å². The van der Waals surface area contributed by atoms with Crippen LogP contribution in [0.5, 0.6) is 0 Å². The van der Waals surface area contributed by atoms with Gasteiger partial charge in [0.2, 0.25) is 5.91 Å². The van der Waals surface area contributed by atoms with Crippen LogP contribution in [0.25, 0.3) is 0 Å². The molecular weight excluding hydrogens is 307 g/mol. The van der Waals surface area contributed by atoms with Crippen molar-refractivity contribution < 1.29 is 9.18 Å². The maximum absolute atomic E-state index is 13.7. The van der Waals surface area contributed by atoms with E-state index in [0.29, 0.717) is 5.82 Å². The van der Waals surface area contributed by atoms with Crippen molar-refractivity contribution in [2.45, 2.75) is 39.3 Å². The molecular formula is C15H18ClFN4O. The summed E-state index contributed by atoms with van der Waals surface area (Å²) in [5.41, 5.74) is 0.198. The highest BCUT2D eigenvalue weighted by Gasteiger charge is 2.17. The van der Waals surface area contributed by atoms with E-state index < -0.39 is 5.82 Å². The smallest absolute Gasteiger partial charge is 0.225 e. The topological polar surface area (TPSA) is 59.8 Å². The van der Waals surface area contributed by atoms with Crippen LogP contribution < -0.4 is 5.32 Å². The monoisotopic (exact) mass is 324 g/mol. The SMILES string of the molecule is CCCn1ncnc1[C@H](C)NC(=O)Cc1c(F)cccc1Cl. The predicted octanol–water partition coefficient (Wildman–Crippen LogP) is 2.90. The van der Waals surface area contributed by atoms with Gasteiger partial charge in [0.05, 0.1) is 12.5 Å². The third kappa shape index (κ3) is 3.82. The van der Waals surface area contributed by atoms with Gasteiger partial charge >= 0.3 is 0 Å². The lowest BCUT2D eigenvalue weighted by atomic mass is 10.1. The minimum Gasteiger partial charge on any atom is -0.346 e. The largest absolute Gasteiger partial charge is 0.346 e. The average Bonchev–Trinajstić information content (AvgIpc) is 2.92. The van der Waals surface area contributed by atoms with Crippen LogP contribution >= 0.6 is 11.6 Å². The molecule has 1 amide bonds. The molecule has 1 N–H and O–H groups in total. The summed E-state index contributed by atoms with van der Waals surface area (Å²) in [7, 11) is 0. The number of rotatable bonds is 6. The summed E-state index contributed by atoms with van der Waals surface area (Å²) >= 11 is 5.93. The van der Waals surface area contributed by atoms with Gasteiger partial charge in [0.1, 0.15) is 18.0 Å². The molecule has 1 aromatic carbocycles. The number of hydrogen-bond donors (Lipinski definition) is 1. The zero-order valence-electron chi connectivity index (χ0n) is 12.5. The number of nitrogens with one attached hydrogen (secondary N) is 1. The first-order valence-electron chi connectivity index (χ1n) is 7.12. The normalized spacial score (nSPS) is 12.2. The summed E-state index contributed by atoms with van der Waals surface area (Å²) in [6.07, 6.45) is 2.26. The summed E-state index contributed by atoms with van der Waals surface area (Å²) in [5, 5.41) is 7.16. The summed E-state index contributed by atoms with van der Waals surface area (Å²) in [4.78, 5) is 16.3. The molecule has 1 aromatic heterocycles. The Kier molecular flexibility index (Phi) is 5.49. The molecule has 0 unspecified atom stereocenters. The van der Waals surface area contributed by atoms with Crippen molar-refractivity contribution in [3.8, 4) is 0 Å². The van der Waals surface area contributed by atoms with Crippen LogP contribution in [-0.4, -0.2) is 20.7 Å². The van der Waals surface area contributed by atoms with Crippen LogP contribution in [0.3, 0.4) is 0 Å². The fourth-order valence-electron chi connectivity index (χ4n) is 2.21. The second-order valence-corrected chi connectivity index (χ2v) is 5.41. The van der Waals surface area contributed by atoms with Gasteiger partial charge in [-0.3, -0.25) is 4.79 Å². The summed E-state index contributed by atoms with van der Waals surface area (Å²) in [6, 6.07) is 4.05. The van der Waals surface area contributed by atoms with Gasteiger partial charge in [-0.2, -0.15) is 5.10 Å². The Hall–Kier alpha value is -1.95. The Bertz CT molecular complexity index is 638. The molecule has 0 aliphatic carbocycles. The van der Waals surface area contributed by atoms with Crippen molar-refractivity contribution >= 4 is 17.5 Å². The maximum atomic E-state index is 13.7. The molecule has 0 fully saturated rings. The van der Waals surface area contributed by atoms with Crippen LogP contribution in [0, 0.1) is 5.82 Å². The van der Waals surface area contributed by atoms with E-state index in [9.17, 15) is 9.18 Å². The first-order valence-corrected chi connectivity index (χ1v) is 7.50. The summed E-state index contributed by atoms with van der Waals surface area (Å²) in [5.74, 6) is -0.121. The number of carbonyl (C=O) groups is 1. The van der Waals surface area contributed by atoms with Crippen LogP contribution in [0.1, 0.15) is 37.7 Å². The lowest BCUT2D eigenvalue weighted by Gasteiger charge is -2.15. The van der Waals surface area contributed by atoms with Gasteiger partial charge < -0.3 is 5.32 Å². The second-order valence-electron chi connectivity index (χ2n) is 5.01. The molecule has 2 rings (SSSR count). The Morgan fingerprint density at radius 1 is 1.50 bits per heavy atom. The fourth-order valence-corrected chi connectivity index (χ4v) is 2.44. The van der Waals surface area contributed by atoms with Crippen molar-refractivity contribution in [1.29, 1.82) is 0 Å². The molecule has 0 radical (unpaired) electrons. The molecule has 0 aliphatic heterocycles. The molecule has 118 valence electrons. The number of benzene rings is 1. The van der Waals surface area contributed by atoms with Gasteiger partial charge in [-0.05, 0) is 25.5 Å².